The first kappa shape index (κ1) is 25.9. The molecule has 180 valence electrons. The second-order valence-electron chi connectivity index (χ2n) is 8.72. The first-order valence-corrected chi connectivity index (χ1v) is 13.0. The Morgan fingerprint density at radius 1 is 1.18 bits per heavy atom. The summed E-state index contributed by atoms with van der Waals surface area (Å²) >= 11 is 5.12. The Kier molecular flexibility index (Phi) is 8.73. The lowest BCUT2D eigenvalue weighted by Crippen LogP contribution is -2.45. The maximum atomic E-state index is 15.1. The third-order valence-corrected chi connectivity index (χ3v) is 8.90. The first-order valence-electron chi connectivity index (χ1n) is 11.2. The van der Waals surface area contributed by atoms with E-state index >= 15 is 4.39 Å². The van der Waals surface area contributed by atoms with E-state index in [1.165, 1.54) is 6.07 Å². The SMILES string of the molecule is CCOC(=O)C1(SC[C@](C)(CCc2ccc(OC)cc2OC)c2cc(Br)ccc2F)CCC1. The van der Waals surface area contributed by atoms with Gasteiger partial charge in [-0.3, -0.25) is 4.79 Å². The molecule has 0 amide bonds. The Labute approximate surface area is 208 Å². The number of hydrogen-bond acceptors (Lipinski definition) is 5. The van der Waals surface area contributed by atoms with Gasteiger partial charge in [-0.1, -0.05) is 28.9 Å². The van der Waals surface area contributed by atoms with Gasteiger partial charge in [0.2, 0.25) is 0 Å². The van der Waals surface area contributed by atoms with E-state index in [1.54, 1.807) is 32.0 Å². The van der Waals surface area contributed by atoms with Crippen molar-refractivity contribution in [2.75, 3.05) is 26.6 Å². The zero-order valence-electron chi connectivity index (χ0n) is 19.7. The molecule has 1 aliphatic carbocycles. The van der Waals surface area contributed by atoms with Crippen LogP contribution in [0.1, 0.15) is 50.7 Å². The molecule has 0 radical (unpaired) electrons. The molecular formula is C26H32BrFO4S. The number of ether oxygens (including phenoxy) is 3. The number of hydrogen-bond donors (Lipinski definition) is 0. The van der Waals surface area contributed by atoms with Gasteiger partial charge >= 0.3 is 5.97 Å². The maximum absolute atomic E-state index is 15.1. The maximum Gasteiger partial charge on any atom is 0.322 e. The Morgan fingerprint density at radius 3 is 2.55 bits per heavy atom. The fourth-order valence-electron chi connectivity index (χ4n) is 4.18. The summed E-state index contributed by atoms with van der Waals surface area (Å²) in [6.45, 7) is 4.28. The molecule has 0 bridgehead atoms. The molecule has 2 aromatic carbocycles. The fourth-order valence-corrected chi connectivity index (χ4v) is 6.19. The summed E-state index contributed by atoms with van der Waals surface area (Å²) in [6.07, 6.45) is 4.01. The smallest absolute Gasteiger partial charge is 0.322 e. The summed E-state index contributed by atoms with van der Waals surface area (Å²) < 4.78 is 31.6. The monoisotopic (exact) mass is 538 g/mol. The highest BCUT2D eigenvalue weighted by Crippen LogP contribution is 2.49. The standard InChI is InChI=1S/C26H32BrFO4S/c1-5-32-24(29)26(12-6-13-26)33-17-25(2,21-15-19(27)8-10-22(21)28)14-11-18-7-9-20(30-3)16-23(18)31-4/h7-10,15-16H,5-6,11-14,17H2,1-4H3/t25-/m0/s1. The Morgan fingerprint density at radius 2 is 1.94 bits per heavy atom. The zero-order valence-corrected chi connectivity index (χ0v) is 22.1. The summed E-state index contributed by atoms with van der Waals surface area (Å²) in [4.78, 5) is 12.7. The van der Waals surface area contributed by atoms with Crippen LogP contribution < -0.4 is 9.47 Å². The molecule has 1 saturated carbocycles. The molecule has 0 heterocycles. The Hall–Kier alpha value is -1.73. The summed E-state index contributed by atoms with van der Waals surface area (Å²) in [5.41, 5.74) is 1.18. The number of methoxy groups -OCH3 is 2. The van der Waals surface area contributed by atoms with Crippen molar-refractivity contribution in [3.8, 4) is 11.5 Å². The molecular weight excluding hydrogens is 507 g/mol. The van der Waals surface area contributed by atoms with Gasteiger partial charge in [-0.25, -0.2) is 4.39 Å². The van der Waals surface area contributed by atoms with E-state index in [2.05, 4.69) is 22.9 Å². The van der Waals surface area contributed by atoms with Gasteiger partial charge in [-0.15, -0.1) is 11.8 Å². The molecule has 33 heavy (non-hydrogen) atoms. The van der Waals surface area contributed by atoms with Crippen LogP contribution in [0, 0.1) is 5.82 Å². The number of benzene rings is 2. The number of thioether (sulfide) groups is 1. The molecule has 2 aromatic rings. The minimum Gasteiger partial charge on any atom is -0.497 e. The minimum absolute atomic E-state index is 0.143. The summed E-state index contributed by atoms with van der Waals surface area (Å²) in [7, 11) is 3.26. The van der Waals surface area contributed by atoms with Gasteiger partial charge in [-0.05, 0) is 74.4 Å². The topological polar surface area (TPSA) is 44.8 Å². The van der Waals surface area contributed by atoms with Crippen molar-refractivity contribution in [2.45, 2.75) is 56.1 Å². The van der Waals surface area contributed by atoms with Crippen molar-refractivity contribution in [2.24, 2.45) is 0 Å². The van der Waals surface area contributed by atoms with E-state index in [4.69, 9.17) is 14.2 Å². The van der Waals surface area contributed by atoms with E-state index < -0.39 is 10.2 Å². The number of rotatable bonds is 11. The van der Waals surface area contributed by atoms with Crippen LogP contribution in [0.25, 0.3) is 0 Å². The van der Waals surface area contributed by atoms with Crippen LogP contribution in [-0.2, 0) is 21.4 Å². The molecule has 0 aromatic heterocycles. The van der Waals surface area contributed by atoms with Gasteiger partial charge in [0.1, 0.15) is 22.1 Å². The Bertz CT molecular complexity index is 979. The molecule has 0 unspecified atom stereocenters. The lowest BCUT2D eigenvalue weighted by atomic mass is 9.79. The van der Waals surface area contributed by atoms with E-state index in [0.717, 1.165) is 40.8 Å². The molecule has 1 aliphatic rings. The molecule has 0 spiro atoms. The third kappa shape index (κ3) is 5.86. The number of carbonyl (C=O) groups is 1. The van der Waals surface area contributed by atoms with Crippen LogP contribution in [0.15, 0.2) is 40.9 Å². The van der Waals surface area contributed by atoms with Gasteiger partial charge < -0.3 is 14.2 Å². The van der Waals surface area contributed by atoms with Crippen LogP contribution in [0.4, 0.5) is 4.39 Å². The molecule has 7 heteroatoms. The predicted octanol–water partition coefficient (Wildman–Crippen LogP) is 6.71. The second kappa shape index (κ2) is 11.1. The zero-order chi connectivity index (χ0) is 24.1. The van der Waals surface area contributed by atoms with E-state index in [1.807, 2.05) is 31.2 Å². The van der Waals surface area contributed by atoms with Gasteiger partial charge in [0.05, 0.1) is 20.8 Å². The third-order valence-electron chi connectivity index (χ3n) is 6.49. The lowest BCUT2D eigenvalue weighted by molar-refractivity contribution is -0.148. The fraction of sp³-hybridized carbons (Fsp3) is 0.500. The van der Waals surface area contributed by atoms with E-state index in [-0.39, 0.29) is 11.8 Å². The van der Waals surface area contributed by atoms with Gasteiger partial charge in [0.15, 0.2) is 0 Å². The average Bonchev–Trinajstić information content (AvgIpc) is 2.78. The van der Waals surface area contributed by atoms with Crippen molar-refractivity contribution in [1.29, 1.82) is 0 Å². The molecule has 0 aliphatic heterocycles. The normalized spacial score (nSPS) is 16.4. The quantitative estimate of drug-likeness (QED) is 0.297. The highest BCUT2D eigenvalue weighted by Gasteiger charge is 2.47. The van der Waals surface area contributed by atoms with Crippen LogP contribution in [0.5, 0.6) is 11.5 Å². The van der Waals surface area contributed by atoms with Crippen LogP contribution in [0.2, 0.25) is 0 Å². The number of aryl methyl sites for hydroxylation is 1. The largest absolute Gasteiger partial charge is 0.497 e. The number of esters is 1. The molecule has 0 N–H and O–H groups in total. The van der Waals surface area contributed by atoms with Crippen LogP contribution >= 0.6 is 27.7 Å². The Balaban J connectivity index is 1.88. The highest BCUT2D eigenvalue weighted by molar-refractivity contribution is 9.10. The summed E-state index contributed by atoms with van der Waals surface area (Å²) in [6, 6.07) is 10.8. The molecule has 1 fully saturated rings. The average molecular weight is 540 g/mol. The molecule has 0 saturated heterocycles. The van der Waals surface area contributed by atoms with Gasteiger partial charge in [0.25, 0.3) is 0 Å². The van der Waals surface area contributed by atoms with E-state index in [9.17, 15) is 4.79 Å². The summed E-state index contributed by atoms with van der Waals surface area (Å²) in [5, 5.41) is 0. The number of carbonyl (C=O) groups excluding carboxylic acids is 1. The molecule has 1 atom stereocenters. The van der Waals surface area contributed by atoms with Crippen LogP contribution in [0.3, 0.4) is 0 Å². The van der Waals surface area contributed by atoms with Gasteiger partial charge in [0, 0.05) is 21.7 Å². The summed E-state index contributed by atoms with van der Waals surface area (Å²) in [5.74, 6) is 1.71. The van der Waals surface area contributed by atoms with Crippen molar-refractivity contribution in [3.05, 3.63) is 57.8 Å². The highest BCUT2D eigenvalue weighted by atomic mass is 79.9. The van der Waals surface area contributed by atoms with Crippen molar-refractivity contribution in [1.82, 2.24) is 0 Å². The second-order valence-corrected chi connectivity index (χ2v) is 11.0. The predicted molar refractivity (Wildman–Crippen MR) is 135 cm³/mol. The first-order chi connectivity index (χ1) is 15.8. The van der Waals surface area contributed by atoms with E-state index in [0.29, 0.717) is 30.8 Å². The van der Waals surface area contributed by atoms with Crippen molar-refractivity contribution >= 4 is 33.7 Å². The van der Waals surface area contributed by atoms with Crippen molar-refractivity contribution < 1.29 is 23.4 Å². The molecule has 4 nitrogen and oxygen atoms in total. The lowest BCUT2D eigenvalue weighted by Gasteiger charge is -2.41. The van der Waals surface area contributed by atoms with Gasteiger partial charge in [-0.2, -0.15) is 0 Å². The molecule has 3 rings (SSSR count). The van der Waals surface area contributed by atoms with Crippen molar-refractivity contribution in [3.63, 3.8) is 0 Å². The van der Waals surface area contributed by atoms with Crippen LogP contribution in [-0.4, -0.2) is 37.3 Å². The minimum atomic E-state index is -0.516. The number of halogens is 2.